The van der Waals surface area contributed by atoms with Crippen LogP contribution in [0.4, 0.5) is 0 Å². The van der Waals surface area contributed by atoms with Gasteiger partial charge in [0.1, 0.15) is 5.82 Å². The number of carbonyl (C=O) groups excluding carboxylic acids is 1. The molecular formula is C17H28N4O2. The van der Waals surface area contributed by atoms with E-state index >= 15 is 0 Å². The highest BCUT2D eigenvalue weighted by Crippen LogP contribution is 2.20. The number of hydrogen-bond donors (Lipinski definition) is 0. The Bertz CT molecular complexity index is 502. The molecule has 0 aromatic carbocycles. The molecular weight excluding hydrogens is 292 g/mol. The van der Waals surface area contributed by atoms with Gasteiger partial charge in [0.2, 0.25) is 5.91 Å². The molecule has 2 fully saturated rings. The first-order chi connectivity index (χ1) is 11.3. The zero-order chi connectivity index (χ0) is 16.1. The molecule has 3 rings (SSSR count). The van der Waals surface area contributed by atoms with Crippen LogP contribution in [0.2, 0.25) is 0 Å². The highest BCUT2D eigenvalue weighted by atomic mass is 16.5. The molecule has 0 bridgehead atoms. The fourth-order valence-electron chi connectivity index (χ4n) is 3.53. The number of aryl methyl sites for hydroxylation is 1. The van der Waals surface area contributed by atoms with Gasteiger partial charge in [-0.3, -0.25) is 9.69 Å². The fourth-order valence-corrected chi connectivity index (χ4v) is 3.53. The van der Waals surface area contributed by atoms with Crippen LogP contribution in [0.25, 0.3) is 0 Å². The maximum absolute atomic E-state index is 12.3. The van der Waals surface area contributed by atoms with Crippen molar-refractivity contribution in [3.8, 4) is 0 Å². The average molecular weight is 320 g/mol. The number of ether oxygens (including phenoxy) is 1. The van der Waals surface area contributed by atoms with Crippen LogP contribution in [-0.2, 0) is 22.5 Å². The number of likely N-dealkylation sites (tertiary alicyclic amines) is 1. The molecule has 1 aromatic heterocycles. The molecule has 6 heteroatoms. The van der Waals surface area contributed by atoms with E-state index in [2.05, 4.69) is 27.6 Å². The van der Waals surface area contributed by atoms with Gasteiger partial charge in [-0.1, -0.05) is 6.92 Å². The second-order valence-electron chi connectivity index (χ2n) is 6.56. The van der Waals surface area contributed by atoms with Crippen LogP contribution < -0.4 is 0 Å². The van der Waals surface area contributed by atoms with E-state index in [0.717, 1.165) is 52.0 Å². The molecule has 3 heterocycles. The summed E-state index contributed by atoms with van der Waals surface area (Å²) in [6.45, 7) is 8.68. The summed E-state index contributed by atoms with van der Waals surface area (Å²) in [6.07, 6.45) is 7.30. The van der Waals surface area contributed by atoms with Crippen molar-refractivity contribution < 1.29 is 9.53 Å². The van der Waals surface area contributed by atoms with Gasteiger partial charge in [0.05, 0.1) is 19.8 Å². The Hall–Kier alpha value is -1.40. The number of morpholine rings is 1. The standard InChI is InChI=1S/C17H28N4O2/c1-2-16-18-5-8-21(16)13-15-3-6-19(7-4-15)14-17(22)20-9-11-23-12-10-20/h5,8,15H,2-4,6-7,9-14H2,1H3. The maximum atomic E-state index is 12.3. The van der Waals surface area contributed by atoms with Gasteiger partial charge in [-0.2, -0.15) is 0 Å². The average Bonchev–Trinajstić information content (AvgIpc) is 3.04. The highest BCUT2D eigenvalue weighted by Gasteiger charge is 2.24. The number of piperidine rings is 1. The van der Waals surface area contributed by atoms with Crippen molar-refractivity contribution >= 4 is 5.91 Å². The third-order valence-corrected chi connectivity index (χ3v) is 5.00. The highest BCUT2D eigenvalue weighted by molar-refractivity contribution is 5.78. The van der Waals surface area contributed by atoms with Crippen LogP contribution >= 0.6 is 0 Å². The third kappa shape index (κ3) is 4.32. The molecule has 1 amide bonds. The molecule has 0 aliphatic carbocycles. The summed E-state index contributed by atoms with van der Waals surface area (Å²) < 4.78 is 7.60. The first-order valence-electron chi connectivity index (χ1n) is 8.84. The predicted molar refractivity (Wildman–Crippen MR) is 88.2 cm³/mol. The number of nitrogens with zero attached hydrogens (tertiary/aromatic N) is 4. The van der Waals surface area contributed by atoms with E-state index < -0.39 is 0 Å². The molecule has 0 saturated carbocycles. The third-order valence-electron chi connectivity index (χ3n) is 5.00. The molecule has 23 heavy (non-hydrogen) atoms. The Morgan fingerprint density at radius 2 is 2.00 bits per heavy atom. The summed E-state index contributed by atoms with van der Waals surface area (Å²) in [4.78, 5) is 20.9. The van der Waals surface area contributed by atoms with Crippen LogP contribution in [0.1, 0.15) is 25.6 Å². The van der Waals surface area contributed by atoms with E-state index in [-0.39, 0.29) is 5.91 Å². The van der Waals surface area contributed by atoms with E-state index in [1.807, 2.05) is 11.1 Å². The first kappa shape index (κ1) is 16.5. The zero-order valence-electron chi connectivity index (χ0n) is 14.1. The molecule has 0 radical (unpaired) electrons. The quantitative estimate of drug-likeness (QED) is 0.813. The van der Waals surface area contributed by atoms with Gasteiger partial charge in [-0.05, 0) is 31.8 Å². The van der Waals surface area contributed by atoms with E-state index in [1.54, 1.807) is 0 Å². The Morgan fingerprint density at radius 3 is 2.70 bits per heavy atom. The van der Waals surface area contributed by atoms with Crippen molar-refractivity contribution in [1.29, 1.82) is 0 Å². The van der Waals surface area contributed by atoms with Gasteiger partial charge in [0.25, 0.3) is 0 Å². The molecule has 0 N–H and O–H groups in total. The molecule has 6 nitrogen and oxygen atoms in total. The lowest BCUT2D eigenvalue weighted by atomic mass is 9.96. The van der Waals surface area contributed by atoms with Crippen LogP contribution in [0.15, 0.2) is 12.4 Å². The Kier molecular flexibility index (Phi) is 5.67. The SMILES string of the molecule is CCc1nccn1CC1CCN(CC(=O)N2CCOCC2)CC1. The predicted octanol–water partition coefficient (Wildman–Crippen LogP) is 1.02. The molecule has 2 aliphatic heterocycles. The van der Waals surface area contributed by atoms with Crippen LogP contribution in [0.3, 0.4) is 0 Å². The minimum absolute atomic E-state index is 0.259. The summed E-state index contributed by atoms with van der Waals surface area (Å²) in [6, 6.07) is 0. The number of carbonyl (C=O) groups is 1. The van der Waals surface area contributed by atoms with E-state index in [4.69, 9.17) is 4.74 Å². The van der Waals surface area contributed by atoms with Crippen molar-refractivity contribution in [2.45, 2.75) is 32.7 Å². The van der Waals surface area contributed by atoms with E-state index in [9.17, 15) is 4.79 Å². The van der Waals surface area contributed by atoms with Gasteiger partial charge >= 0.3 is 0 Å². The molecule has 0 atom stereocenters. The molecule has 128 valence electrons. The number of hydrogen-bond acceptors (Lipinski definition) is 4. The summed E-state index contributed by atoms with van der Waals surface area (Å²) in [5.41, 5.74) is 0. The molecule has 2 saturated heterocycles. The Morgan fingerprint density at radius 1 is 1.26 bits per heavy atom. The lowest BCUT2D eigenvalue weighted by Gasteiger charge is -2.34. The lowest BCUT2D eigenvalue weighted by molar-refractivity contribution is -0.136. The van der Waals surface area contributed by atoms with Gasteiger partial charge in [0.15, 0.2) is 0 Å². The summed E-state index contributed by atoms with van der Waals surface area (Å²) in [5, 5.41) is 0. The first-order valence-corrected chi connectivity index (χ1v) is 8.84. The van der Waals surface area contributed by atoms with Gasteiger partial charge < -0.3 is 14.2 Å². The molecule has 0 spiro atoms. The normalized spacial score (nSPS) is 20.8. The molecule has 1 aromatic rings. The van der Waals surface area contributed by atoms with Gasteiger partial charge in [0, 0.05) is 38.4 Å². The van der Waals surface area contributed by atoms with Crippen molar-refractivity contribution in [3.05, 3.63) is 18.2 Å². The summed E-state index contributed by atoms with van der Waals surface area (Å²) in [5.74, 6) is 2.13. The van der Waals surface area contributed by atoms with Crippen molar-refractivity contribution in [2.75, 3.05) is 45.9 Å². The monoisotopic (exact) mass is 320 g/mol. The van der Waals surface area contributed by atoms with Crippen molar-refractivity contribution in [3.63, 3.8) is 0 Å². The minimum Gasteiger partial charge on any atom is -0.378 e. The van der Waals surface area contributed by atoms with Gasteiger partial charge in [-0.15, -0.1) is 0 Å². The van der Waals surface area contributed by atoms with Crippen LogP contribution in [-0.4, -0.2) is 71.2 Å². The minimum atomic E-state index is 0.259. The number of amides is 1. The topological polar surface area (TPSA) is 50.6 Å². The van der Waals surface area contributed by atoms with E-state index in [1.165, 1.54) is 5.82 Å². The molecule has 0 unspecified atom stereocenters. The summed E-state index contributed by atoms with van der Waals surface area (Å²) in [7, 11) is 0. The largest absolute Gasteiger partial charge is 0.378 e. The number of aromatic nitrogens is 2. The Labute approximate surface area is 138 Å². The van der Waals surface area contributed by atoms with Crippen molar-refractivity contribution in [1.82, 2.24) is 19.4 Å². The van der Waals surface area contributed by atoms with Gasteiger partial charge in [-0.25, -0.2) is 4.98 Å². The smallest absolute Gasteiger partial charge is 0.236 e. The number of imidazole rings is 1. The second-order valence-corrected chi connectivity index (χ2v) is 6.56. The van der Waals surface area contributed by atoms with Crippen molar-refractivity contribution in [2.24, 2.45) is 5.92 Å². The van der Waals surface area contributed by atoms with Crippen LogP contribution in [0.5, 0.6) is 0 Å². The summed E-state index contributed by atoms with van der Waals surface area (Å²) >= 11 is 0. The Balaban J connectivity index is 1.42. The zero-order valence-corrected chi connectivity index (χ0v) is 14.1. The molecule has 2 aliphatic rings. The van der Waals surface area contributed by atoms with E-state index in [0.29, 0.717) is 25.7 Å². The van der Waals surface area contributed by atoms with Crippen LogP contribution in [0, 0.1) is 5.92 Å². The lowest BCUT2D eigenvalue weighted by Crippen LogP contribution is -2.47. The second kappa shape index (κ2) is 7.93. The fraction of sp³-hybridized carbons (Fsp3) is 0.765. The maximum Gasteiger partial charge on any atom is 0.236 e. The number of rotatable bonds is 5.